The van der Waals surface area contributed by atoms with Gasteiger partial charge in [-0.2, -0.15) is 0 Å². The smallest absolute Gasteiger partial charge is 0.181 e. The maximum Gasteiger partial charge on any atom is 0.181 e. The van der Waals surface area contributed by atoms with Crippen LogP contribution in [0.25, 0.3) is 0 Å². The fraction of sp³-hybridized carbons (Fsp3) is 0.265. The molecular weight excluding hydrogens is 468 g/mol. The van der Waals surface area contributed by atoms with Crippen LogP contribution in [0.2, 0.25) is 0 Å². The van der Waals surface area contributed by atoms with Crippen molar-refractivity contribution < 1.29 is 9.53 Å². The van der Waals surface area contributed by atoms with E-state index in [1.54, 1.807) is 7.11 Å². The topological polar surface area (TPSA) is 32.8 Å². The average molecular weight is 503 g/mol. The Hall–Kier alpha value is -3.73. The van der Waals surface area contributed by atoms with Crippen LogP contribution in [0.1, 0.15) is 44.2 Å². The minimum absolute atomic E-state index is 0.0654. The molecule has 2 aliphatic heterocycles. The quantitative estimate of drug-likeness (QED) is 0.286. The summed E-state index contributed by atoms with van der Waals surface area (Å²) < 4.78 is 5.38. The molecule has 2 atom stereocenters. The van der Waals surface area contributed by atoms with Gasteiger partial charge in [0.25, 0.3) is 0 Å². The molecule has 0 saturated heterocycles. The number of hydrogen-bond donors (Lipinski definition) is 0. The lowest BCUT2D eigenvalue weighted by Gasteiger charge is -2.45. The Bertz CT molecular complexity index is 1400. The van der Waals surface area contributed by atoms with Crippen LogP contribution < -0.4 is 4.74 Å². The van der Waals surface area contributed by atoms with Gasteiger partial charge in [-0.1, -0.05) is 78.9 Å². The first-order chi connectivity index (χ1) is 18.7. The van der Waals surface area contributed by atoms with Gasteiger partial charge in [0.05, 0.1) is 19.2 Å². The summed E-state index contributed by atoms with van der Waals surface area (Å²) >= 11 is 0. The Morgan fingerprint density at radius 3 is 1.79 bits per heavy atom. The molecule has 0 radical (unpaired) electrons. The maximum atomic E-state index is 14.5. The molecule has 4 aromatic rings. The van der Waals surface area contributed by atoms with Gasteiger partial charge in [-0.25, -0.2) is 0 Å². The van der Waals surface area contributed by atoms with E-state index >= 15 is 0 Å². The third kappa shape index (κ3) is 4.90. The zero-order chi connectivity index (χ0) is 25.9. The van der Waals surface area contributed by atoms with Crippen molar-refractivity contribution in [2.45, 2.75) is 38.0 Å². The van der Waals surface area contributed by atoms with E-state index in [-0.39, 0.29) is 17.9 Å². The molecule has 0 unspecified atom stereocenters. The van der Waals surface area contributed by atoms with Gasteiger partial charge >= 0.3 is 0 Å². The van der Waals surface area contributed by atoms with Crippen LogP contribution in [-0.2, 0) is 25.9 Å². The van der Waals surface area contributed by atoms with Crippen LogP contribution in [0.5, 0.6) is 5.75 Å². The lowest BCUT2D eigenvalue weighted by atomic mass is 9.86. The first-order valence-electron chi connectivity index (χ1n) is 13.6. The van der Waals surface area contributed by atoms with Crippen molar-refractivity contribution in [2.24, 2.45) is 0 Å². The summed E-state index contributed by atoms with van der Waals surface area (Å²) in [7, 11) is 1.66. The van der Waals surface area contributed by atoms with Gasteiger partial charge in [-0.05, 0) is 64.9 Å². The van der Waals surface area contributed by atoms with E-state index in [1.807, 2.05) is 24.3 Å². The molecule has 0 aliphatic carbocycles. The highest BCUT2D eigenvalue weighted by atomic mass is 16.5. The second-order valence-electron chi connectivity index (χ2n) is 10.4. The molecule has 0 saturated carbocycles. The van der Waals surface area contributed by atoms with E-state index in [4.69, 9.17) is 4.74 Å². The van der Waals surface area contributed by atoms with E-state index < -0.39 is 0 Å². The summed E-state index contributed by atoms with van der Waals surface area (Å²) in [6.07, 6.45) is 1.94. The van der Waals surface area contributed by atoms with Gasteiger partial charge in [-0.15, -0.1) is 0 Å². The minimum Gasteiger partial charge on any atom is -0.497 e. The molecule has 0 amide bonds. The number of rotatable bonds is 7. The van der Waals surface area contributed by atoms with Gasteiger partial charge in [0, 0.05) is 31.7 Å². The van der Waals surface area contributed by atoms with Gasteiger partial charge < -0.3 is 4.74 Å². The van der Waals surface area contributed by atoms with E-state index in [1.165, 1.54) is 27.8 Å². The third-order valence-corrected chi connectivity index (χ3v) is 8.19. The van der Waals surface area contributed by atoms with Crippen molar-refractivity contribution in [1.29, 1.82) is 0 Å². The zero-order valence-electron chi connectivity index (χ0n) is 21.9. The second kappa shape index (κ2) is 10.9. The maximum absolute atomic E-state index is 14.5. The number of carbonyl (C=O) groups excluding carboxylic acids is 1. The second-order valence-corrected chi connectivity index (χ2v) is 10.4. The summed E-state index contributed by atoms with van der Waals surface area (Å²) in [6.45, 7) is 3.40. The normalized spacial score (nSPS) is 17.2. The Morgan fingerprint density at radius 2 is 1.18 bits per heavy atom. The number of ether oxygens (including phenoxy) is 1. The van der Waals surface area contributed by atoms with Crippen LogP contribution in [-0.4, -0.2) is 41.8 Å². The van der Waals surface area contributed by atoms with E-state index in [9.17, 15) is 4.79 Å². The number of hydrogen-bond acceptors (Lipinski definition) is 4. The van der Waals surface area contributed by atoms with Crippen molar-refractivity contribution in [3.63, 3.8) is 0 Å². The molecule has 0 bridgehead atoms. The highest BCUT2D eigenvalue weighted by Gasteiger charge is 2.40. The van der Waals surface area contributed by atoms with Crippen molar-refractivity contribution in [2.75, 3.05) is 20.2 Å². The predicted molar refractivity (Wildman–Crippen MR) is 151 cm³/mol. The molecule has 0 spiro atoms. The summed E-state index contributed by atoms with van der Waals surface area (Å²) in [5.41, 5.74) is 7.41. The largest absolute Gasteiger partial charge is 0.497 e. The summed E-state index contributed by atoms with van der Waals surface area (Å²) in [6, 6.07) is 35.3. The van der Waals surface area contributed by atoms with Crippen LogP contribution >= 0.6 is 0 Å². The standard InChI is InChI=1S/C34H34N2O2/c1-38-31-17-15-28(16-18-31)34(37)33(36-22-20-26-10-6-8-14-30(26)24-36)32(27-11-3-2-4-12-27)35-21-19-25-9-5-7-13-29(25)23-35/h2-18,32-33H,19-24H2,1H3/t32-,33-/m0/s1. The van der Waals surface area contributed by atoms with Crippen molar-refractivity contribution >= 4 is 5.78 Å². The number of carbonyl (C=O) groups is 1. The van der Waals surface area contributed by atoms with Gasteiger partial charge in [-0.3, -0.25) is 14.6 Å². The first-order valence-corrected chi connectivity index (χ1v) is 13.6. The summed E-state index contributed by atoms with van der Waals surface area (Å²) in [4.78, 5) is 19.5. The highest BCUT2D eigenvalue weighted by Crippen LogP contribution is 2.36. The average Bonchev–Trinajstić information content (AvgIpc) is 2.99. The van der Waals surface area contributed by atoms with Gasteiger partial charge in [0.2, 0.25) is 0 Å². The fourth-order valence-electron chi connectivity index (χ4n) is 6.19. The van der Waals surface area contributed by atoms with E-state index in [2.05, 4.69) is 88.7 Å². The van der Waals surface area contributed by atoms with Gasteiger partial charge in [0.15, 0.2) is 5.78 Å². The molecule has 6 rings (SSSR count). The predicted octanol–water partition coefficient (Wildman–Crippen LogP) is 6.10. The number of nitrogens with zero attached hydrogens (tertiary/aromatic N) is 2. The zero-order valence-corrected chi connectivity index (χ0v) is 21.9. The van der Waals surface area contributed by atoms with E-state index in [0.29, 0.717) is 0 Å². The molecule has 0 fully saturated rings. The highest BCUT2D eigenvalue weighted by molar-refractivity contribution is 6.01. The molecule has 0 N–H and O–H groups in total. The first kappa shape index (κ1) is 24.6. The molecule has 2 aliphatic rings. The van der Waals surface area contributed by atoms with Crippen LogP contribution in [0.3, 0.4) is 0 Å². The Morgan fingerprint density at radius 1 is 0.658 bits per heavy atom. The molecule has 0 aromatic heterocycles. The Balaban J connectivity index is 1.44. The van der Waals surface area contributed by atoms with Crippen molar-refractivity contribution in [3.05, 3.63) is 137 Å². The number of fused-ring (bicyclic) bond motifs is 2. The Kier molecular flexibility index (Phi) is 7.08. The molecule has 4 heteroatoms. The molecule has 2 heterocycles. The van der Waals surface area contributed by atoms with Crippen LogP contribution in [0, 0.1) is 0 Å². The van der Waals surface area contributed by atoms with Crippen molar-refractivity contribution in [1.82, 2.24) is 9.80 Å². The summed E-state index contributed by atoms with van der Waals surface area (Å²) in [5.74, 6) is 0.928. The van der Waals surface area contributed by atoms with Gasteiger partial charge in [0.1, 0.15) is 5.75 Å². The molecular formula is C34H34N2O2. The molecule has 192 valence electrons. The molecule has 4 aromatic carbocycles. The number of benzene rings is 4. The molecule has 4 nitrogen and oxygen atoms in total. The lowest BCUT2D eigenvalue weighted by Crippen LogP contribution is -2.53. The lowest BCUT2D eigenvalue weighted by molar-refractivity contribution is 0.0458. The number of ketones is 1. The number of Topliss-reactive ketones (excluding diaryl/α,β-unsaturated/α-hetero) is 1. The van der Waals surface area contributed by atoms with Crippen LogP contribution in [0.4, 0.5) is 0 Å². The van der Waals surface area contributed by atoms with Crippen molar-refractivity contribution in [3.8, 4) is 5.75 Å². The van der Waals surface area contributed by atoms with Crippen LogP contribution in [0.15, 0.2) is 103 Å². The molecule has 38 heavy (non-hydrogen) atoms. The third-order valence-electron chi connectivity index (χ3n) is 8.19. The SMILES string of the molecule is COc1ccc(C(=O)[C@H]([C@H](c2ccccc2)N2CCc3ccccc3C2)N2CCc3ccccc3C2)cc1. The minimum atomic E-state index is -0.315. The van der Waals surface area contributed by atoms with E-state index in [0.717, 1.165) is 50.3 Å². The monoisotopic (exact) mass is 502 g/mol. The Labute approximate surface area is 225 Å². The fourth-order valence-corrected chi connectivity index (χ4v) is 6.19. The number of methoxy groups -OCH3 is 1. The summed E-state index contributed by atoms with van der Waals surface area (Å²) in [5, 5.41) is 0.